The van der Waals surface area contributed by atoms with Crippen molar-refractivity contribution in [1.29, 1.82) is 0 Å². The predicted molar refractivity (Wildman–Crippen MR) is 60.2 cm³/mol. The topological polar surface area (TPSA) is 41.6 Å². The molecule has 0 bridgehead atoms. The van der Waals surface area contributed by atoms with E-state index >= 15 is 0 Å². The highest BCUT2D eigenvalue weighted by Gasteiger charge is 2.32. The zero-order valence-electron chi connectivity index (χ0n) is 9.23. The fourth-order valence-electron chi connectivity index (χ4n) is 2.08. The largest absolute Gasteiger partial charge is 0.372 e. The zero-order chi connectivity index (χ0) is 10.1. The molecule has 2 aliphatic heterocycles. The van der Waals surface area contributed by atoms with Crippen molar-refractivity contribution >= 4 is 18.3 Å². The lowest BCUT2D eigenvalue weighted by Gasteiger charge is -2.39. The molecule has 15 heavy (non-hydrogen) atoms. The SMILES string of the molecule is CC1CN(C(=O)[C@H]2CCN2)CC(C)O1.Cl. The van der Waals surface area contributed by atoms with Crippen LogP contribution in [0.3, 0.4) is 0 Å². The summed E-state index contributed by atoms with van der Waals surface area (Å²) in [6, 6.07) is 0.0764. The first-order chi connectivity index (χ1) is 6.66. The van der Waals surface area contributed by atoms with Gasteiger partial charge in [0, 0.05) is 13.1 Å². The summed E-state index contributed by atoms with van der Waals surface area (Å²) in [5.41, 5.74) is 0. The molecule has 0 aromatic carbocycles. The van der Waals surface area contributed by atoms with Crippen LogP contribution in [0.1, 0.15) is 20.3 Å². The average Bonchev–Trinajstić information content (AvgIpc) is 1.98. The van der Waals surface area contributed by atoms with Gasteiger partial charge in [-0.2, -0.15) is 0 Å². The predicted octanol–water partition coefficient (Wildman–Crippen LogP) is 0.406. The van der Waals surface area contributed by atoms with E-state index in [4.69, 9.17) is 4.74 Å². The third-order valence-corrected chi connectivity index (χ3v) is 2.85. The number of carbonyl (C=O) groups is 1. The number of morpholine rings is 1. The molecule has 2 rings (SSSR count). The second-order valence-corrected chi connectivity index (χ2v) is 4.30. The second-order valence-electron chi connectivity index (χ2n) is 4.30. The number of carbonyl (C=O) groups excluding carboxylic acids is 1. The van der Waals surface area contributed by atoms with Crippen LogP contribution in [0.4, 0.5) is 0 Å². The van der Waals surface area contributed by atoms with Crippen LogP contribution in [0.15, 0.2) is 0 Å². The van der Waals surface area contributed by atoms with Crippen molar-refractivity contribution in [2.45, 2.75) is 38.5 Å². The summed E-state index contributed by atoms with van der Waals surface area (Å²) in [5.74, 6) is 0.248. The summed E-state index contributed by atoms with van der Waals surface area (Å²) >= 11 is 0. The van der Waals surface area contributed by atoms with E-state index in [1.54, 1.807) is 0 Å². The van der Waals surface area contributed by atoms with Crippen molar-refractivity contribution in [2.75, 3.05) is 19.6 Å². The van der Waals surface area contributed by atoms with Crippen LogP contribution in [0.25, 0.3) is 0 Å². The van der Waals surface area contributed by atoms with Gasteiger partial charge >= 0.3 is 0 Å². The Balaban J connectivity index is 0.00000112. The van der Waals surface area contributed by atoms with Crippen LogP contribution in [0, 0.1) is 0 Å². The maximum Gasteiger partial charge on any atom is 0.239 e. The Morgan fingerprint density at radius 2 is 1.87 bits per heavy atom. The lowest BCUT2D eigenvalue weighted by Crippen LogP contribution is -2.58. The lowest BCUT2D eigenvalue weighted by atomic mass is 10.1. The monoisotopic (exact) mass is 234 g/mol. The number of amides is 1. The minimum atomic E-state index is 0. The van der Waals surface area contributed by atoms with Crippen molar-refractivity contribution in [3.05, 3.63) is 0 Å². The Hall–Kier alpha value is -0.320. The summed E-state index contributed by atoms with van der Waals surface area (Å²) in [4.78, 5) is 13.8. The van der Waals surface area contributed by atoms with E-state index in [-0.39, 0.29) is 36.6 Å². The van der Waals surface area contributed by atoms with Gasteiger partial charge in [0.1, 0.15) is 0 Å². The van der Waals surface area contributed by atoms with Crippen LogP contribution < -0.4 is 5.32 Å². The number of rotatable bonds is 1. The van der Waals surface area contributed by atoms with E-state index in [9.17, 15) is 4.79 Å². The standard InChI is InChI=1S/C10H18N2O2.ClH/c1-7-5-12(6-8(2)14-7)10(13)9-3-4-11-9;/h7-9,11H,3-6H2,1-2H3;1H/t7?,8?,9-;/m1./s1. The highest BCUT2D eigenvalue weighted by atomic mass is 35.5. The first-order valence-corrected chi connectivity index (χ1v) is 5.34. The van der Waals surface area contributed by atoms with E-state index in [0.29, 0.717) is 0 Å². The van der Waals surface area contributed by atoms with Gasteiger partial charge in [-0.25, -0.2) is 0 Å². The van der Waals surface area contributed by atoms with E-state index in [1.165, 1.54) is 0 Å². The molecule has 2 unspecified atom stereocenters. The molecule has 3 atom stereocenters. The van der Waals surface area contributed by atoms with Crippen molar-refractivity contribution in [3.8, 4) is 0 Å². The fraction of sp³-hybridized carbons (Fsp3) is 0.900. The highest BCUT2D eigenvalue weighted by Crippen LogP contribution is 2.14. The third kappa shape index (κ3) is 2.83. The van der Waals surface area contributed by atoms with E-state index in [1.807, 2.05) is 18.7 Å². The molecule has 5 heteroatoms. The Labute approximate surface area is 96.7 Å². The molecule has 4 nitrogen and oxygen atoms in total. The molecule has 0 radical (unpaired) electrons. The first kappa shape index (κ1) is 12.7. The third-order valence-electron chi connectivity index (χ3n) is 2.85. The van der Waals surface area contributed by atoms with Crippen molar-refractivity contribution in [3.63, 3.8) is 0 Å². The Morgan fingerprint density at radius 1 is 1.33 bits per heavy atom. The van der Waals surface area contributed by atoms with Gasteiger partial charge in [0.2, 0.25) is 5.91 Å². The quantitative estimate of drug-likeness (QED) is 0.715. The Morgan fingerprint density at radius 3 is 2.27 bits per heavy atom. The molecular formula is C10H19ClN2O2. The number of hydrogen-bond acceptors (Lipinski definition) is 3. The zero-order valence-corrected chi connectivity index (χ0v) is 10.0. The van der Waals surface area contributed by atoms with Crippen LogP contribution in [-0.2, 0) is 9.53 Å². The van der Waals surface area contributed by atoms with Crippen LogP contribution in [0.5, 0.6) is 0 Å². The molecule has 0 aromatic heterocycles. The van der Waals surface area contributed by atoms with Gasteiger partial charge in [-0.1, -0.05) is 0 Å². The van der Waals surface area contributed by atoms with Crippen molar-refractivity contribution < 1.29 is 9.53 Å². The molecule has 0 aromatic rings. The van der Waals surface area contributed by atoms with Gasteiger partial charge in [0.25, 0.3) is 0 Å². The van der Waals surface area contributed by atoms with Crippen molar-refractivity contribution in [2.24, 2.45) is 0 Å². The Kier molecular flexibility index (Phi) is 4.37. The summed E-state index contributed by atoms with van der Waals surface area (Å²) < 4.78 is 5.58. The molecule has 1 amide bonds. The van der Waals surface area contributed by atoms with Gasteiger partial charge in [-0.05, 0) is 26.8 Å². The molecular weight excluding hydrogens is 216 g/mol. The van der Waals surface area contributed by atoms with Gasteiger partial charge < -0.3 is 15.0 Å². The minimum Gasteiger partial charge on any atom is -0.372 e. The van der Waals surface area contributed by atoms with Gasteiger partial charge in [-0.15, -0.1) is 12.4 Å². The highest BCUT2D eigenvalue weighted by molar-refractivity contribution is 5.85. The maximum absolute atomic E-state index is 11.9. The van der Waals surface area contributed by atoms with Crippen molar-refractivity contribution in [1.82, 2.24) is 10.2 Å². The molecule has 1 N–H and O–H groups in total. The summed E-state index contributed by atoms with van der Waals surface area (Å²) in [6.07, 6.45) is 1.32. The molecule has 2 heterocycles. The molecule has 2 saturated heterocycles. The normalized spacial score (nSPS) is 35.3. The minimum absolute atomic E-state index is 0. The Bertz CT molecular complexity index is 223. The van der Waals surface area contributed by atoms with E-state index in [0.717, 1.165) is 26.1 Å². The number of nitrogens with zero attached hydrogens (tertiary/aromatic N) is 1. The molecule has 2 aliphatic rings. The number of nitrogens with one attached hydrogen (secondary N) is 1. The van der Waals surface area contributed by atoms with Gasteiger partial charge in [-0.3, -0.25) is 4.79 Å². The molecule has 88 valence electrons. The van der Waals surface area contributed by atoms with Gasteiger partial charge in [0.05, 0.1) is 18.2 Å². The average molecular weight is 235 g/mol. The summed E-state index contributed by atoms with van der Waals surface area (Å²) in [7, 11) is 0. The summed E-state index contributed by atoms with van der Waals surface area (Å²) in [5, 5.41) is 3.14. The number of ether oxygens (including phenoxy) is 1. The molecule has 0 aliphatic carbocycles. The fourth-order valence-corrected chi connectivity index (χ4v) is 2.08. The number of halogens is 1. The van der Waals surface area contributed by atoms with E-state index in [2.05, 4.69) is 5.32 Å². The maximum atomic E-state index is 11.9. The second kappa shape index (κ2) is 5.14. The smallest absolute Gasteiger partial charge is 0.239 e. The van der Waals surface area contributed by atoms with Crippen LogP contribution >= 0.6 is 12.4 Å². The molecule has 0 saturated carbocycles. The van der Waals surface area contributed by atoms with E-state index < -0.39 is 0 Å². The van der Waals surface area contributed by atoms with Crippen LogP contribution in [0.2, 0.25) is 0 Å². The summed E-state index contributed by atoms with van der Waals surface area (Å²) in [6.45, 7) is 6.49. The number of hydrogen-bond donors (Lipinski definition) is 1. The molecule has 2 fully saturated rings. The molecule has 0 spiro atoms. The first-order valence-electron chi connectivity index (χ1n) is 5.34. The van der Waals surface area contributed by atoms with Gasteiger partial charge in [0.15, 0.2) is 0 Å². The lowest BCUT2D eigenvalue weighted by molar-refractivity contribution is -0.147. The van der Waals surface area contributed by atoms with Crippen LogP contribution in [-0.4, -0.2) is 48.7 Å².